The van der Waals surface area contributed by atoms with Gasteiger partial charge in [0.2, 0.25) is 5.91 Å². The lowest BCUT2D eigenvalue weighted by molar-refractivity contribution is -0.125. The fourth-order valence-electron chi connectivity index (χ4n) is 2.36. The molecule has 0 aliphatic heterocycles. The Morgan fingerprint density at radius 1 is 1.38 bits per heavy atom. The molecule has 6 nitrogen and oxygen atoms in total. The number of nitrogens with two attached hydrogens (primary N) is 1. The van der Waals surface area contributed by atoms with Crippen LogP contribution in [0.4, 0.5) is 0 Å². The van der Waals surface area contributed by atoms with E-state index in [4.69, 9.17) is 11.3 Å². The van der Waals surface area contributed by atoms with Gasteiger partial charge in [0.25, 0.3) is 0 Å². The molecular formula is C15H23N5O. The van der Waals surface area contributed by atoms with Gasteiger partial charge in [-0.1, -0.05) is 43.2 Å². The molecule has 1 unspecified atom stereocenters. The smallest absolute Gasteiger partial charge is 0.242 e. The number of aryl methyl sites for hydroxylation is 1. The van der Waals surface area contributed by atoms with E-state index in [1.165, 1.54) is 5.56 Å². The van der Waals surface area contributed by atoms with Crippen molar-refractivity contribution in [1.82, 2.24) is 5.32 Å². The first-order valence-corrected chi connectivity index (χ1v) is 7.26. The summed E-state index contributed by atoms with van der Waals surface area (Å²) < 4.78 is 0. The Balaban J connectivity index is 2.91. The molecule has 1 aromatic carbocycles. The maximum Gasteiger partial charge on any atom is 0.242 e. The van der Waals surface area contributed by atoms with Crippen LogP contribution in [0, 0.1) is 0 Å². The second kappa shape index (κ2) is 8.29. The first-order valence-electron chi connectivity index (χ1n) is 7.26. The molecule has 1 atom stereocenters. The summed E-state index contributed by atoms with van der Waals surface area (Å²) in [7, 11) is 0. The van der Waals surface area contributed by atoms with Crippen molar-refractivity contribution in [3.8, 4) is 0 Å². The third-order valence-corrected chi connectivity index (χ3v) is 3.73. The van der Waals surface area contributed by atoms with Gasteiger partial charge in [0, 0.05) is 11.5 Å². The van der Waals surface area contributed by atoms with Gasteiger partial charge in [-0.05, 0) is 42.5 Å². The fourth-order valence-corrected chi connectivity index (χ4v) is 2.36. The van der Waals surface area contributed by atoms with Crippen LogP contribution in [0.25, 0.3) is 10.4 Å². The van der Waals surface area contributed by atoms with Gasteiger partial charge in [-0.25, -0.2) is 0 Å². The standard InChI is InChI=1S/C15H23N5O/c1-3-12-6-8-13(9-7-12)15(4-2,14(16)21)18-10-5-11-19-20-17/h6-9,18H,3-5,10-11H2,1-2H3,(H2,16,21). The van der Waals surface area contributed by atoms with Crippen molar-refractivity contribution >= 4 is 5.91 Å². The van der Waals surface area contributed by atoms with E-state index in [-0.39, 0.29) is 0 Å². The number of nitrogens with zero attached hydrogens (tertiary/aromatic N) is 3. The predicted molar refractivity (Wildman–Crippen MR) is 83.6 cm³/mol. The van der Waals surface area contributed by atoms with Gasteiger partial charge in [-0.2, -0.15) is 0 Å². The number of primary amides is 1. The van der Waals surface area contributed by atoms with Gasteiger partial charge in [0.05, 0.1) is 0 Å². The summed E-state index contributed by atoms with van der Waals surface area (Å²) in [6, 6.07) is 7.94. The van der Waals surface area contributed by atoms with Crippen molar-refractivity contribution in [1.29, 1.82) is 0 Å². The van der Waals surface area contributed by atoms with Crippen LogP contribution in [0.2, 0.25) is 0 Å². The van der Waals surface area contributed by atoms with Gasteiger partial charge >= 0.3 is 0 Å². The monoisotopic (exact) mass is 289 g/mol. The number of nitrogens with one attached hydrogen (secondary N) is 1. The molecule has 6 heteroatoms. The molecule has 0 aliphatic rings. The molecule has 0 aromatic heterocycles. The molecule has 0 spiro atoms. The Morgan fingerprint density at radius 2 is 2.05 bits per heavy atom. The Morgan fingerprint density at radius 3 is 2.52 bits per heavy atom. The fraction of sp³-hybridized carbons (Fsp3) is 0.533. The summed E-state index contributed by atoms with van der Waals surface area (Å²) in [4.78, 5) is 14.7. The van der Waals surface area contributed by atoms with E-state index in [0.717, 1.165) is 12.0 Å². The van der Waals surface area contributed by atoms with Crippen molar-refractivity contribution in [3.05, 3.63) is 45.8 Å². The maximum absolute atomic E-state index is 12.0. The normalized spacial score (nSPS) is 13.2. The summed E-state index contributed by atoms with van der Waals surface area (Å²) >= 11 is 0. The number of azide groups is 1. The van der Waals surface area contributed by atoms with Crippen LogP contribution < -0.4 is 11.1 Å². The topological polar surface area (TPSA) is 104 Å². The molecule has 21 heavy (non-hydrogen) atoms. The van der Waals surface area contributed by atoms with Gasteiger partial charge in [0.1, 0.15) is 5.54 Å². The van der Waals surface area contributed by atoms with Crippen LogP contribution in [0.1, 0.15) is 37.8 Å². The quantitative estimate of drug-likeness (QED) is 0.316. The summed E-state index contributed by atoms with van der Waals surface area (Å²) in [5.41, 5.74) is 15.1. The summed E-state index contributed by atoms with van der Waals surface area (Å²) in [5.74, 6) is -0.391. The molecule has 0 bridgehead atoms. The second-order valence-electron chi connectivity index (χ2n) is 4.91. The Labute approximate surface area is 125 Å². The van der Waals surface area contributed by atoms with E-state index in [2.05, 4.69) is 22.3 Å². The van der Waals surface area contributed by atoms with Crippen molar-refractivity contribution in [2.45, 2.75) is 38.6 Å². The lowest BCUT2D eigenvalue weighted by atomic mass is 9.85. The average Bonchev–Trinajstić information content (AvgIpc) is 2.51. The first-order chi connectivity index (χ1) is 10.1. The molecule has 0 fully saturated rings. The number of hydrogen-bond donors (Lipinski definition) is 2. The van der Waals surface area contributed by atoms with Crippen LogP contribution in [-0.2, 0) is 16.8 Å². The molecule has 0 heterocycles. The van der Waals surface area contributed by atoms with E-state index in [1.807, 2.05) is 31.2 Å². The molecule has 3 N–H and O–H groups in total. The van der Waals surface area contributed by atoms with Crippen molar-refractivity contribution in [2.75, 3.05) is 13.1 Å². The zero-order chi connectivity index (χ0) is 15.7. The van der Waals surface area contributed by atoms with E-state index >= 15 is 0 Å². The highest BCUT2D eigenvalue weighted by atomic mass is 16.1. The lowest BCUT2D eigenvalue weighted by Crippen LogP contribution is -2.52. The number of carbonyl (C=O) groups excluding carboxylic acids is 1. The van der Waals surface area contributed by atoms with Gasteiger partial charge < -0.3 is 5.73 Å². The lowest BCUT2D eigenvalue weighted by Gasteiger charge is -2.31. The molecule has 1 aromatic rings. The van der Waals surface area contributed by atoms with E-state index in [9.17, 15) is 4.79 Å². The minimum absolute atomic E-state index is 0.391. The van der Waals surface area contributed by atoms with E-state index in [0.29, 0.717) is 25.9 Å². The zero-order valence-corrected chi connectivity index (χ0v) is 12.7. The van der Waals surface area contributed by atoms with Gasteiger partial charge in [-0.15, -0.1) is 0 Å². The molecule has 0 saturated carbocycles. The van der Waals surface area contributed by atoms with Crippen LogP contribution >= 0.6 is 0 Å². The molecule has 0 saturated heterocycles. The number of carbonyl (C=O) groups is 1. The Hall–Kier alpha value is -2.04. The molecule has 1 amide bonds. The summed E-state index contributed by atoms with van der Waals surface area (Å²) in [6.07, 6.45) is 2.18. The highest BCUT2D eigenvalue weighted by molar-refractivity contribution is 5.86. The summed E-state index contributed by atoms with van der Waals surface area (Å²) in [5, 5.41) is 6.72. The van der Waals surface area contributed by atoms with Crippen LogP contribution in [0.5, 0.6) is 0 Å². The SMILES string of the molecule is CCc1ccc(C(CC)(NCCCN=[N+]=[N-])C(N)=O)cc1. The molecule has 114 valence electrons. The maximum atomic E-state index is 12.0. The van der Waals surface area contributed by atoms with Crippen LogP contribution in [0.3, 0.4) is 0 Å². The predicted octanol–water partition coefficient (Wildman–Crippen LogP) is 2.63. The second-order valence-corrected chi connectivity index (χ2v) is 4.91. The number of benzene rings is 1. The van der Waals surface area contributed by atoms with Crippen LogP contribution in [-0.4, -0.2) is 19.0 Å². The Bertz CT molecular complexity index is 507. The minimum Gasteiger partial charge on any atom is -0.368 e. The third kappa shape index (κ3) is 4.21. The molecular weight excluding hydrogens is 266 g/mol. The van der Waals surface area contributed by atoms with Gasteiger partial charge in [0.15, 0.2) is 0 Å². The number of amides is 1. The average molecular weight is 289 g/mol. The molecule has 1 rings (SSSR count). The van der Waals surface area contributed by atoms with Crippen molar-refractivity contribution in [3.63, 3.8) is 0 Å². The minimum atomic E-state index is -0.872. The number of rotatable bonds is 9. The van der Waals surface area contributed by atoms with E-state index < -0.39 is 11.4 Å². The van der Waals surface area contributed by atoms with Crippen molar-refractivity contribution < 1.29 is 4.79 Å². The van der Waals surface area contributed by atoms with Crippen LogP contribution in [0.15, 0.2) is 29.4 Å². The Kier molecular flexibility index (Phi) is 6.72. The number of hydrogen-bond acceptors (Lipinski definition) is 3. The zero-order valence-electron chi connectivity index (χ0n) is 12.7. The largest absolute Gasteiger partial charge is 0.368 e. The highest BCUT2D eigenvalue weighted by Gasteiger charge is 2.35. The highest BCUT2D eigenvalue weighted by Crippen LogP contribution is 2.25. The first kappa shape index (κ1) is 17.0. The summed E-state index contributed by atoms with van der Waals surface area (Å²) in [6.45, 7) is 4.98. The van der Waals surface area contributed by atoms with E-state index in [1.54, 1.807) is 0 Å². The molecule has 0 aliphatic carbocycles. The third-order valence-electron chi connectivity index (χ3n) is 3.73. The molecule has 0 radical (unpaired) electrons. The van der Waals surface area contributed by atoms with Crippen molar-refractivity contribution in [2.24, 2.45) is 10.8 Å². The van der Waals surface area contributed by atoms with Gasteiger partial charge in [-0.3, -0.25) is 10.1 Å².